The normalized spacial score (nSPS) is 9.92. The molecule has 2 aromatic carbocycles. The number of carbonyl (C=O) groups is 3. The summed E-state index contributed by atoms with van der Waals surface area (Å²) in [6.07, 6.45) is -0.565. The molecule has 0 aliphatic heterocycles. The molecule has 0 fully saturated rings. The highest BCUT2D eigenvalue weighted by molar-refractivity contribution is 7.75. The highest BCUT2D eigenvalue weighted by Gasteiger charge is 2.11. The number of Topliss-reactive ketones (excluding diaryl/α,β-unsaturated/α-hetero) is 1. The molecule has 0 saturated heterocycles. The Labute approximate surface area is 144 Å². The van der Waals surface area contributed by atoms with Gasteiger partial charge in [0.25, 0.3) is 0 Å². The molecule has 0 radical (unpaired) electrons. The highest BCUT2D eigenvalue weighted by atomic mass is 32.1. The fourth-order valence-corrected chi connectivity index (χ4v) is 1.89. The quantitative estimate of drug-likeness (QED) is 0.221. The predicted molar refractivity (Wildman–Crippen MR) is 88.6 cm³/mol. The van der Waals surface area contributed by atoms with E-state index >= 15 is 0 Å². The van der Waals surface area contributed by atoms with E-state index in [1.54, 1.807) is 31.2 Å². The average Bonchev–Trinajstić information content (AvgIpc) is 2.62. The number of thiol groups is 1. The van der Waals surface area contributed by atoms with Crippen molar-refractivity contribution >= 4 is 30.8 Å². The van der Waals surface area contributed by atoms with E-state index in [0.717, 1.165) is 0 Å². The summed E-state index contributed by atoms with van der Waals surface area (Å²) in [5.41, 5.74) is 0.838. The van der Waals surface area contributed by atoms with Crippen molar-refractivity contribution in [2.24, 2.45) is 0 Å². The average molecular weight is 346 g/mol. The van der Waals surface area contributed by atoms with Crippen LogP contribution in [0.25, 0.3) is 0 Å². The van der Waals surface area contributed by atoms with Gasteiger partial charge >= 0.3 is 12.1 Å². The van der Waals surface area contributed by atoms with Crippen molar-refractivity contribution in [1.29, 1.82) is 0 Å². The predicted octanol–water partition coefficient (Wildman–Crippen LogP) is 3.86. The number of hydrogen-bond donors (Lipinski definition) is 1. The third kappa shape index (κ3) is 4.60. The molecule has 0 amide bonds. The Balaban J connectivity index is 2.01. The van der Waals surface area contributed by atoms with Gasteiger partial charge in [0.05, 0.1) is 5.56 Å². The number of hydrogen-bond acceptors (Lipinski definition) is 7. The molecule has 0 bridgehead atoms. The number of ketones is 1. The van der Waals surface area contributed by atoms with Gasteiger partial charge in [-0.05, 0) is 48.5 Å². The van der Waals surface area contributed by atoms with Crippen LogP contribution >= 0.6 is 12.9 Å². The molecule has 6 nitrogen and oxygen atoms in total. The molecule has 2 aromatic rings. The van der Waals surface area contributed by atoms with Crippen molar-refractivity contribution in [3.05, 3.63) is 59.7 Å². The molecule has 124 valence electrons. The topological polar surface area (TPSA) is 78.9 Å². The van der Waals surface area contributed by atoms with Crippen molar-refractivity contribution in [1.82, 2.24) is 0 Å². The van der Waals surface area contributed by atoms with Gasteiger partial charge in [-0.1, -0.05) is 6.92 Å². The van der Waals surface area contributed by atoms with Gasteiger partial charge in [-0.2, -0.15) is 0 Å². The summed E-state index contributed by atoms with van der Waals surface area (Å²) in [7, 11) is 0. The van der Waals surface area contributed by atoms with Gasteiger partial charge in [-0.25, -0.2) is 9.59 Å². The van der Waals surface area contributed by atoms with Crippen LogP contribution in [0, 0.1) is 0 Å². The summed E-state index contributed by atoms with van der Waals surface area (Å²) in [5, 5.41) is 0. The fraction of sp³-hybridized carbons (Fsp3) is 0.118. The SMILES string of the molecule is CCC(=O)c1ccc(OC(=O)c2ccc(OC(=O)OS)cc2)cc1. The lowest BCUT2D eigenvalue weighted by Crippen LogP contribution is -2.09. The number of carbonyl (C=O) groups excluding carboxylic acids is 3. The van der Waals surface area contributed by atoms with Gasteiger partial charge in [0.2, 0.25) is 0 Å². The van der Waals surface area contributed by atoms with Gasteiger partial charge in [0, 0.05) is 24.9 Å². The van der Waals surface area contributed by atoms with E-state index in [1.165, 1.54) is 24.3 Å². The Hall–Kier alpha value is -2.80. The molecular formula is C17H14O6S. The van der Waals surface area contributed by atoms with E-state index < -0.39 is 12.1 Å². The Bertz CT molecular complexity index is 737. The Morgan fingerprint density at radius 2 is 1.33 bits per heavy atom. The van der Waals surface area contributed by atoms with E-state index in [4.69, 9.17) is 9.47 Å². The first-order chi connectivity index (χ1) is 11.5. The summed E-state index contributed by atoms with van der Waals surface area (Å²) in [6.45, 7) is 1.78. The minimum Gasteiger partial charge on any atom is -0.423 e. The summed E-state index contributed by atoms with van der Waals surface area (Å²) < 4.78 is 14.0. The molecule has 0 N–H and O–H groups in total. The van der Waals surface area contributed by atoms with Crippen LogP contribution in [-0.2, 0) is 4.18 Å². The van der Waals surface area contributed by atoms with Crippen LogP contribution in [0.2, 0.25) is 0 Å². The van der Waals surface area contributed by atoms with Gasteiger partial charge in [-0.15, -0.1) is 0 Å². The van der Waals surface area contributed by atoms with Crippen LogP contribution in [0.1, 0.15) is 34.1 Å². The van der Waals surface area contributed by atoms with E-state index in [1.807, 2.05) is 0 Å². The van der Waals surface area contributed by atoms with Crippen molar-refractivity contribution in [2.75, 3.05) is 0 Å². The number of rotatable bonds is 5. The summed E-state index contributed by atoms with van der Waals surface area (Å²) in [4.78, 5) is 34.5. The van der Waals surface area contributed by atoms with Crippen molar-refractivity contribution in [3.8, 4) is 11.5 Å². The smallest absolute Gasteiger partial charge is 0.423 e. The molecule has 0 aromatic heterocycles. The zero-order valence-corrected chi connectivity index (χ0v) is 13.6. The molecule has 0 spiro atoms. The molecule has 7 heteroatoms. The maximum Gasteiger partial charge on any atom is 0.526 e. The molecule has 0 aliphatic rings. The molecule has 0 heterocycles. The van der Waals surface area contributed by atoms with Crippen LogP contribution in [-0.4, -0.2) is 17.9 Å². The lowest BCUT2D eigenvalue weighted by atomic mass is 10.1. The zero-order valence-electron chi connectivity index (χ0n) is 12.7. The molecule has 2 rings (SSSR count). The van der Waals surface area contributed by atoms with E-state index in [9.17, 15) is 14.4 Å². The Kier molecular flexibility index (Phi) is 5.97. The maximum absolute atomic E-state index is 12.0. The van der Waals surface area contributed by atoms with Gasteiger partial charge in [-0.3, -0.25) is 4.79 Å². The van der Waals surface area contributed by atoms with E-state index in [2.05, 4.69) is 17.1 Å². The molecular weight excluding hydrogens is 332 g/mol. The number of ether oxygens (including phenoxy) is 2. The minimum atomic E-state index is -0.977. The van der Waals surface area contributed by atoms with E-state index in [-0.39, 0.29) is 17.1 Å². The minimum absolute atomic E-state index is 0.0169. The van der Waals surface area contributed by atoms with Gasteiger partial charge in [0.15, 0.2) is 5.78 Å². The first-order valence-electron chi connectivity index (χ1n) is 7.02. The largest absolute Gasteiger partial charge is 0.526 e. The highest BCUT2D eigenvalue weighted by Crippen LogP contribution is 2.17. The summed E-state index contributed by atoms with van der Waals surface area (Å²) >= 11 is 3.31. The Morgan fingerprint density at radius 1 is 0.833 bits per heavy atom. The van der Waals surface area contributed by atoms with Gasteiger partial charge in [0.1, 0.15) is 11.5 Å². The molecule has 0 atom stereocenters. The molecule has 24 heavy (non-hydrogen) atoms. The van der Waals surface area contributed by atoms with Crippen molar-refractivity contribution in [2.45, 2.75) is 13.3 Å². The second-order valence-corrected chi connectivity index (χ2v) is 4.84. The third-order valence-corrected chi connectivity index (χ3v) is 3.22. The van der Waals surface area contributed by atoms with Crippen LogP contribution in [0.15, 0.2) is 48.5 Å². The Morgan fingerprint density at radius 3 is 1.83 bits per heavy atom. The first-order valence-corrected chi connectivity index (χ1v) is 7.38. The lowest BCUT2D eigenvalue weighted by Gasteiger charge is -2.06. The van der Waals surface area contributed by atoms with Crippen LogP contribution in [0.3, 0.4) is 0 Å². The van der Waals surface area contributed by atoms with Crippen LogP contribution < -0.4 is 9.47 Å². The third-order valence-electron chi connectivity index (χ3n) is 3.07. The van der Waals surface area contributed by atoms with Crippen LogP contribution in [0.5, 0.6) is 11.5 Å². The molecule has 0 unspecified atom stereocenters. The van der Waals surface area contributed by atoms with E-state index in [0.29, 0.717) is 17.7 Å². The molecule has 0 saturated carbocycles. The fourth-order valence-electron chi connectivity index (χ4n) is 1.85. The van der Waals surface area contributed by atoms with Crippen LogP contribution in [0.4, 0.5) is 4.79 Å². The number of benzene rings is 2. The second-order valence-electron chi connectivity index (χ2n) is 4.66. The number of esters is 1. The molecule has 0 aliphatic carbocycles. The van der Waals surface area contributed by atoms with Crippen molar-refractivity contribution in [3.63, 3.8) is 0 Å². The summed E-state index contributed by atoms with van der Waals surface area (Å²) in [6, 6.07) is 12.1. The lowest BCUT2D eigenvalue weighted by molar-refractivity contribution is 0.0734. The zero-order chi connectivity index (χ0) is 17.5. The van der Waals surface area contributed by atoms with Gasteiger partial charge < -0.3 is 13.7 Å². The summed E-state index contributed by atoms with van der Waals surface area (Å²) in [5.74, 6) is -0.0317. The second kappa shape index (κ2) is 8.16. The maximum atomic E-state index is 12.0. The first kappa shape index (κ1) is 17.6. The van der Waals surface area contributed by atoms with Crippen molar-refractivity contribution < 1.29 is 28.0 Å². The standard InChI is InChI=1S/C17H14O6S/c1-2-15(18)11-3-7-13(8-4-11)21-16(19)12-5-9-14(10-6-12)22-17(20)23-24/h3-10,24H,2H2,1H3. The monoisotopic (exact) mass is 346 g/mol.